The van der Waals surface area contributed by atoms with E-state index < -0.39 is 0 Å². The number of benzene rings is 2. The van der Waals surface area contributed by atoms with E-state index in [0.29, 0.717) is 12.6 Å². The molecule has 1 unspecified atom stereocenters. The molecule has 0 aromatic heterocycles. The van der Waals surface area contributed by atoms with Gasteiger partial charge in [0.25, 0.3) is 0 Å². The van der Waals surface area contributed by atoms with E-state index >= 15 is 0 Å². The molecule has 2 N–H and O–H groups in total. The number of anilines is 1. The van der Waals surface area contributed by atoms with Crippen molar-refractivity contribution in [3.8, 4) is 17.2 Å². The number of nitrogens with one attached hydrogen (secondary N) is 2. The summed E-state index contributed by atoms with van der Waals surface area (Å²) in [4.78, 5) is 6.72. The van der Waals surface area contributed by atoms with Crippen molar-refractivity contribution in [3.05, 3.63) is 48.0 Å². The monoisotopic (exact) mass is 554 g/mol. The van der Waals surface area contributed by atoms with Crippen LogP contribution in [-0.2, 0) is 6.54 Å². The molecule has 1 aliphatic rings. The number of hydrogen-bond donors (Lipinski definition) is 2. The zero-order chi connectivity index (χ0) is 22.2. The first-order valence-corrected chi connectivity index (χ1v) is 10.7. The van der Waals surface area contributed by atoms with Gasteiger partial charge in [-0.3, -0.25) is 4.99 Å². The van der Waals surface area contributed by atoms with Crippen LogP contribution >= 0.6 is 24.0 Å². The number of halogens is 1. The summed E-state index contributed by atoms with van der Waals surface area (Å²) < 4.78 is 16.5. The summed E-state index contributed by atoms with van der Waals surface area (Å²) in [5, 5.41) is 6.94. The molecule has 1 fully saturated rings. The maximum atomic E-state index is 5.70. The topological polar surface area (TPSA) is 67.4 Å². The fraction of sp³-hybridized carbons (Fsp3) is 0.458. The lowest BCUT2D eigenvalue weighted by atomic mass is 10.2. The van der Waals surface area contributed by atoms with Crippen molar-refractivity contribution in [2.75, 3.05) is 39.3 Å². The summed E-state index contributed by atoms with van der Waals surface area (Å²) in [6, 6.07) is 14.5. The summed E-state index contributed by atoms with van der Waals surface area (Å²) in [5.74, 6) is 3.29. The van der Waals surface area contributed by atoms with Crippen LogP contribution in [-0.4, -0.2) is 52.5 Å². The molecule has 0 bridgehead atoms. The van der Waals surface area contributed by atoms with Gasteiger partial charge in [-0.25, -0.2) is 0 Å². The number of methoxy groups -OCH3 is 2. The first-order valence-electron chi connectivity index (χ1n) is 10.7. The highest BCUT2D eigenvalue weighted by atomic mass is 127. The van der Waals surface area contributed by atoms with E-state index in [0.717, 1.165) is 48.4 Å². The van der Waals surface area contributed by atoms with Crippen molar-refractivity contribution < 1.29 is 14.2 Å². The maximum absolute atomic E-state index is 5.70. The first-order chi connectivity index (χ1) is 15.0. The van der Waals surface area contributed by atoms with Crippen LogP contribution in [0.4, 0.5) is 5.69 Å². The normalized spacial score (nSPS) is 15.9. The molecule has 0 spiro atoms. The number of hydrogen-bond acceptors (Lipinski definition) is 5. The van der Waals surface area contributed by atoms with Crippen LogP contribution in [0, 0.1) is 0 Å². The van der Waals surface area contributed by atoms with E-state index in [1.54, 1.807) is 21.3 Å². The van der Waals surface area contributed by atoms with Crippen LogP contribution < -0.4 is 29.7 Å². The van der Waals surface area contributed by atoms with E-state index in [1.807, 2.05) is 44.2 Å². The molecular formula is C24H35IN4O3. The summed E-state index contributed by atoms with van der Waals surface area (Å²) >= 11 is 0. The minimum atomic E-state index is 0. The zero-order valence-corrected chi connectivity index (χ0v) is 21.9. The molecule has 1 saturated heterocycles. The Morgan fingerprint density at radius 1 is 1.06 bits per heavy atom. The molecule has 3 rings (SSSR count). The Balaban J connectivity index is 0.00000363. The van der Waals surface area contributed by atoms with Gasteiger partial charge in [-0.2, -0.15) is 0 Å². The molecule has 0 aliphatic carbocycles. The van der Waals surface area contributed by atoms with Crippen molar-refractivity contribution in [1.82, 2.24) is 10.6 Å². The number of guanidine groups is 1. The highest BCUT2D eigenvalue weighted by Gasteiger charge is 2.24. The van der Waals surface area contributed by atoms with Crippen molar-refractivity contribution in [1.29, 1.82) is 0 Å². The number of ether oxygens (including phenoxy) is 3. The second-order valence-electron chi connectivity index (χ2n) is 7.88. The lowest BCUT2D eigenvalue weighted by Crippen LogP contribution is -2.44. The van der Waals surface area contributed by atoms with Gasteiger partial charge in [0.15, 0.2) is 5.96 Å². The Bertz CT molecular complexity index is 852. The van der Waals surface area contributed by atoms with Gasteiger partial charge in [-0.1, -0.05) is 12.1 Å². The SMILES string of the molecule is CN=C(NCc1ccc(OC(C)C)cc1)NC1CCN(c2cc(OC)cc(OC)c2)C1.I. The third-order valence-corrected chi connectivity index (χ3v) is 5.21. The highest BCUT2D eigenvalue weighted by molar-refractivity contribution is 14.0. The molecule has 7 nitrogen and oxygen atoms in total. The fourth-order valence-corrected chi connectivity index (χ4v) is 3.62. The molecule has 8 heteroatoms. The van der Waals surface area contributed by atoms with Gasteiger partial charge >= 0.3 is 0 Å². The molecule has 0 radical (unpaired) electrons. The second kappa shape index (κ2) is 12.6. The van der Waals surface area contributed by atoms with Gasteiger partial charge in [0.2, 0.25) is 0 Å². The first kappa shape index (κ1) is 25.9. The maximum Gasteiger partial charge on any atom is 0.191 e. The Labute approximate surface area is 208 Å². The predicted molar refractivity (Wildman–Crippen MR) is 141 cm³/mol. The summed E-state index contributed by atoms with van der Waals surface area (Å²) in [6.45, 7) is 6.60. The van der Waals surface area contributed by atoms with Gasteiger partial charge < -0.3 is 29.7 Å². The third kappa shape index (κ3) is 7.36. The molecule has 2 aromatic rings. The second-order valence-corrected chi connectivity index (χ2v) is 7.88. The number of nitrogens with zero attached hydrogens (tertiary/aromatic N) is 2. The van der Waals surface area contributed by atoms with Gasteiger partial charge in [-0.15, -0.1) is 24.0 Å². The molecule has 1 heterocycles. The van der Waals surface area contributed by atoms with E-state index in [9.17, 15) is 0 Å². The summed E-state index contributed by atoms with van der Waals surface area (Å²) in [7, 11) is 5.15. The van der Waals surface area contributed by atoms with Crippen molar-refractivity contribution >= 4 is 35.6 Å². The molecule has 176 valence electrons. The van der Waals surface area contributed by atoms with Gasteiger partial charge in [0.1, 0.15) is 17.2 Å². The van der Waals surface area contributed by atoms with E-state index in [1.165, 1.54) is 5.56 Å². The Kier molecular flexibility index (Phi) is 10.2. The molecule has 32 heavy (non-hydrogen) atoms. The Hall–Kier alpha value is -2.36. The summed E-state index contributed by atoms with van der Waals surface area (Å²) in [6.07, 6.45) is 1.21. The predicted octanol–water partition coefficient (Wildman–Crippen LogP) is 4.05. The minimum Gasteiger partial charge on any atom is -0.497 e. The summed E-state index contributed by atoms with van der Waals surface area (Å²) in [5.41, 5.74) is 2.28. The van der Waals surface area contributed by atoms with Crippen molar-refractivity contribution in [3.63, 3.8) is 0 Å². The average molecular weight is 554 g/mol. The van der Waals surface area contributed by atoms with Crippen LogP contribution in [0.25, 0.3) is 0 Å². The van der Waals surface area contributed by atoms with Gasteiger partial charge in [0, 0.05) is 56.6 Å². The fourth-order valence-electron chi connectivity index (χ4n) is 3.62. The van der Waals surface area contributed by atoms with E-state index in [2.05, 4.69) is 32.7 Å². The molecular weight excluding hydrogens is 519 g/mol. The van der Waals surface area contributed by atoms with Crippen molar-refractivity contribution in [2.24, 2.45) is 4.99 Å². The molecule has 2 aromatic carbocycles. The van der Waals surface area contributed by atoms with Crippen LogP contribution in [0.3, 0.4) is 0 Å². The Morgan fingerprint density at radius 2 is 1.72 bits per heavy atom. The van der Waals surface area contributed by atoms with Crippen LogP contribution in [0.1, 0.15) is 25.8 Å². The molecule has 0 saturated carbocycles. The Morgan fingerprint density at radius 3 is 2.28 bits per heavy atom. The van der Waals surface area contributed by atoms with Crippen LogP contribution in [0.15, 0.2) is 47.5 Å². The lowest BCUT2D eigenvalue weighted by Gasteiger charge is -2.21. The molecule has 1 aliphatic heterocycles. The number of rotatable bonds is 8. The molecule has 1 atom stereocenters. The largest absolute Gasteiger partial charge is 0.497 e. The standard InChI is InChI=1S/C24H34N4O3.HI/c1-17(2)31-21-8-6-18(7-9-21)15-26-24(25-3)27-19-10-11-28(16-19)20-12-22(29-4)14-23(13-20)30-5;/h6-9,12-14,17,19H,10-11,15-16H2,1-5H3,(H2,25,26,27);1H. The van der Waals surface area contributed by atoms with Crippen LogP contribution in [0.2, 0.25) is 0 Å². The smallest absolute Gasteiger partial charge is 0.191 e. The van der Waals surface area contributed by atoms with Crippen LogP contribution in [0.5, 0.6) is 17.2 Å². The quantitative estimate of drug-likeness (QED) is 0.292. The van der Waals surface area contributed by atoms with E-state index in [4.69, 9.17) is 14.2 Å². The minimum absolute atomic E-state index is 0. The highest BCUT2D eigenvalue weighted by Crippen LogP contribution is 2.30. The van der Waals surface area contributed by atoms with Crippen molar-refractivity contribution in [2.45, 2.75) is 39.0 Å². The van der Waals surface area contributed by atoms with Gasteiger partial charge in [0.05, 0.1) is 20.3 Å². The zero-order valence-electron chi connectivity index (χ0n) is 19.6. The van der Waals surface area contributed by atoms with E-state index in [-0.39, 0.29) is 30.1 Å². The molecule has 0 amide bonds. The lowest BCUT2D eigenvalue weighted by molar-refractivity contribution is 0.242. The number of aliphatic imine (C=N–C) groups is 1. The average Bonchev–Trinajstić information content (AvgIpc) is 3.25. The third-order valence-electron chi connectivity index (χ3n) is 5.21. The van der Waals surface area contributed by atoms with Gasteiger partial charge in [-0.05, 0) is 38.0 Å².